The number of hydrogen-bond donors (Lipinski definition) is 1. The maximum atomic E-state index is 13.5. The summed E-state index contributed by atoms with van der Waals surface area (Å²) >= 11 is 0. The molecule has 1 aromatic heterocycles. The molecule has 166 valence electrons. The van der Waals surface area contributed by atoms with Crippen molar-refractivity contribution < 1.29 is 22.8 Å². The molecule has 3 rings (SSSR count). The summed E-state index contributed by atoms with van der Waals surface area (Å²) in [5.74, 6) is 1.46. The first kappa shape index (κ1) is 22.7. The van der Waals surface area contributed by atoms with Crippen LogP contribution in [0.1, 0.15) is 36.4 Å². The van der Waals surface area contributed by atoms with Gasteiger partial charge in [-0.2, -0.15) is 0 Å². The lowest BCUT2D eigenvalue weighted by molar-refractivity contribution is 0.301. The Labute approximate surface area is 183 Å². The number of phenolic OH excluding ortho intramolecular Hbond substituents is 1. The van der Waals surface area contributed by atoms with E-state index in [1.165, 1.54) is 10.4 Å². The number of phenols is 1. The standard InChI is InChI=1S/C23H28N2O5S/c1-15(2)13-25(23-11-6-19(26)12-16(23)3)31(27,28)21-9-7-20(8-10-21)29-14-22-17(4)24-30-18(22)5/h6-12,15,26H,13-14H2,1-5H3. The Kier molecular flexibility index (Phi) is 6.59. The van der Waals surface area contributed by atoms with Crippen LogP contribution in [0.4, 0.5) is 5.69 Å². The highest BCUT2D eigenvalue weighted by atomic mass is 32.2. The van der Waals surface area contributed by atoms with Gasteiger partial charge in [-0.3, -0.25) is 4.31 Å². The first-order valence-corrected chi connectivity index (χ1v) is 11.5. The molecule has 2 aromatic carbocycles. The van der Waals surface area contributed by atoms with E-state index >= 15 is 0 Å². The number of sulfonamides is 1. The molecule has 0 saturated heterocycles. The molecule has 0 unspecified atom stereocenters. The van der Waals surface area contributed by atoms with E-state index in [0.717, 1.165) is 11.3 Å². The fourth-order valence-electron chi connectivity index (χ4n) is 3.28. The van der Waals surface area contributed by atoms with E-state index in [4.69, 9.17) is 9.26 Å². The molecule has 1 N–H and O–H groups in total. The summed E-state index contributed by atoms with van der Waals surface area (Å²) in [5.41, 5.74) is 2.88. The molecular formula is C23H28N2O5S. The second-order valence-electron chi connectivity index (χ2n) is 7.96. The van der Waals surface area contributed by atoms with Crippen LogP contribution in [0.2, 0.25) is 0 Å². The minimum Gasteiger partial charge on any atom is -0.508 e. The number of ether oxygens (including phenoxy) is 1. The molecule has 1 heterocycles. The molecular weight excluding hydrogens is 416 g/mol. The summed E-state index contributed by atoms with van der Waals surface area (Å²) in [7, 11) is -3.80. The fourth-order valence-corrected chi connectivity index (χ4v) is 4.97. The van der Waals surface area contributed by atoms with Gasteiger partial charge in [0.1, 0.15) is 23.9 Å². The Hall–Kier alpha value is -3.00. The Morgan fingerprint density at radius 2 is 1.77 bits per heavy atom. The maximum Gasteiger partial charge on any atom is 0.264 e. The topological polar surface area (TPSA) is 92.9 Å². The Balaban J connectivity index is 1.86. The van der Waals surface area contributed by atoms with Crippen molar-refractivity contribution >= 4 is 15.7 Å². The van der Waals surface area contributed by atoms with Crippen molar-refractivity contribution in [2.45, 2.75) is 46.1 Å². The normalized spacial score (nSPS) is 11.7. The predicted octanol–water partition coefficient (Wildman–Crippen LogP) is 4.74. The Bertz CT molecular complexity index is 1130. The third-order valence-corrected chi connectivity index (χ3v) is 6.75. The molecule has 0 spiro atoms. The molecule has 0 bridgehead atoms. The molecule has 0 saturated carbocycles. The zero-order valence-corrected chi connectivity index (χ0v) is 19.2. The fraction of sp³-hybridized carbons (Fsp3) is 0.348. The number of aromatic nitrogens is 1. The van der Waals surface area contributed by atoms with Gasteiger partial charge in [0.15, 0.2) is 0 Å². The second-order valence-corrected chi connectivity index (χ2v) is 9.83. The van der Waals surface area contributed by atoms with Gasteiger partial charge in [-0.25, -0.2) is 8.42 Å². The van der Waals surface area contributed by atoms with Crippen LogP contribution in [-0.4, -0.2) is 25.2 Å². The lowest BCUT2D eigenvalue weighted by Crippen LogP contribution is -2.34. The maximum absolute atomic E-state index is 13.5. The summed E-state index contributed by atoms with van der Waals surface area (Å²) in [5, 5.41) is 13.6. The van der Waals surface area contributed by atoms with Crippen molar-refractivity contribution in [3.05, 3.63) is 65.0 Å². The van der Waals surface area contributed by atoms with Gasteiger partial charge in [-0.15, -0.1) is 0 Å². The van der Waals surface area contributed by atoms with Crippen LogP contribution >= 0.6 is 0 Å². The van der Waals surface area contributed by atoms with Crippen LogP contribution in [0.5, 0.6) is 11.5 Å². The van der Waals surface area contributed by atoms with Crippen molar-refractivity contribution in [3.8, 4) is 11.5 Å². The van der Waals surface area contributed by atoms with Gasteiger partial charge in [0, 0.05) is 6.54 Å². The van der Waals surface area contributed by atoms with Crippen LogP contribution in [0.3, 0.4) is 0 Å². The van der Waals surface area contributed by atoms with Crippen LogP contribution in [0.15, 0.2) is 51.9 Å². The summed E-state index contributed by atoms with van der Waals surface area (Å²) in [6, 6.07) is 11.1. The van der Waals surface area contributed by atoms with Gasteiger partial charge in [0.2, 0.25) is 0 Å². The average Bonchev–Trinajstić information content (AvgIpc) is 3.02. The highest BCUT2D eigenvalue weighted by Gasteiger charge is 2.27. The minimum atomic E-state index is -3.80. The van der Waals surface area contributed by atoms with Crippen LogP contribution in [0.25, 0.3) is 0 Å². The SMILES string of the molecule is Cc1cc(O)ccc1N(CC(C)C)S(=O)(=O)c1ccc(OCc2c(C)noc2C)cc1. The first-order valence-electron chi connectivity index (χ1n) is 10.1. The monoisotopic (exact) mass is 444 g/mol. The molecule has 31 heavy (non-hydrogen) atoms. The lowest BCUT2D eigenvalue weighted by atomic mass is 10.1. The van der Waals surface area contributed by atoms with E-state index in [-0.39, 0.29) is 16.6 Å². The van der Waals surface area contributed by atoms with Gasteiger partial charge in [-0.05, 0) is 74.7 Å². The van der Waals surface area contributed by atoms with E-state index < -0.39 is 10.0 Å². The number of benzene rings is 2. The third-order valence-electron chi connectivity index (χ3n) is 4.96. The highest BCUT2D eigenvalue weighted by molar-refractivity contribution is 7.92. The van der Waals surface area contributed by atoms with Gasteiger partial charge < -0.3 is 14.4 Å². The van der Waals surface area contributed by atoms with Crippen LogP contribution in [-0.2, 0) is 16.6 Å². The summed E-state index contributed by atoms with van der Waals surface area (Å²) < 4.78 is 39.2. The average molecular weight is 445 g/mol. The highest BCUT2D eigenvalue weighted by Crippen LogP contribution is 2.31. The summed E-state index contributed by atoms with van der Waals surface area (Å²) in [6.45, 7) is 9.98. The van der Waals surface area contributed by atoms with Crippen molar-refractivity contribution in [2.75, 3.05) is 10.8 Å². The molecule has 8 heteroatoms. The van der Waals surface area contributed by atoms with E-state index in [9.17, 15) is 13.5 Å². The summed E-state index contributed by atoms with van der Waals surface area (Å²) in [6.07, 6.45) is 0. The predicted molar refractivity (Wildman–Crippen MR) is 119 cm³/mol. The van der Waals surface area contributed by atoms with E-state index in [1.807, 2.05) is 27.7 Å². The molecule has 0 radical (unpaired) electrons. The van der Waals surface area contributed by atoms with Crippen molar-refractivity contribution in [2.24, 2.45) is 5.92 Å². The van der Waals surface area contributed by atoms with E-state index in [1.54, 1.807) is 43.3 Å². The largest absolute Gasteiger partial charge is 0.508 e. The van der Waals surface area contributed by atoms with Crippen molar-refractivity contribution in [3.63, 3.8) is 0 Å². The van der Waals surface area contributed by atoms with Gasteiger partial charge >= 0.3 is 0 Å². The van der Waals surface area contributed by atoms with E-state index in [0.29, 0.717) is 35.9 Å². The molecule has 0 aliphatic heterocycles. The number of hydrogen-bond acceptors (Lipinski definition) is 6. The quantitative estimate of drug-likeness (QED) is 0.540. The number of aromatic hydroxyl groups is 1. The lowest BCUT2D eigenvalue weighted by Gasteiger charge is -2.27. The molecule has 0 fully saturated rings. The van der Waals surface area contributed by atoms with Gasteiger partial charge in [-0.1, -0.05) is 19.0 Å². The molecule has 0 aliphatic carbocycles. The zero-order chi connectivity index (χ0) is 22.8. The van der Waals surface area contributed by atoms with Crippen LogP contribution in [0, 0.1) is 26.7 Å². The Morgan fingerprint density at radius 3 is 2.32 bits per heavy atom. The second kappa shape index (κ2) is 9.01. The smallest absolute Gasteiger partial charge is 0.264 e. The molecule has 0 amide bonds. The van der Waals surface area contributed by atoms with Gasteiger partial charge in [0.25, 0.3) is 10.0 Å². The molecule has 7 nitrogen and oxygen atoms in total. The van der Waals surface area contributed by atoms with Gasteiger partial charge in [0.05, 0.1) is 21.8 Å². The third kappa shape index (κ3) is 5.02. The number of aryl methyl sites for hydroxylation is 3. The zero-order valence-electron chi connectivity index (χ0n) is 18.4. The molecule has 3 aromatic rings. The first-order chi connectivity index (χ1) is 14.6. The van der Waals surface area contributed by atoms with Crippen LogP contribution < -0.4 is 9.04 Å². The van der Waals surface area contributed by atoms with E-state index in [2.05, 4.69) is 5.16 Å². The summed E-state index contributed by atoms with van der Waals surface area (Å²) in [4.78, 5) is 0.172. The molecule has 0 atom stereocenters. The van der Waals surface area contributed by atoms with Crippen molar-refractivity contribution in [1.82, 2.24) is 5.16 Å². The van der Waals surface area contributed by atoms with Crippen molar-refractivity contribution in [1.29, 1.82) is 0 Å². The Morgan fingerprint density at radius 1 is 1.10 bits per heavy atom. The number of nitrogens with zero attached hydrogens (tertiary/aromatic N) is 2. The number of rotatable bonds is 8. The number of anilines is 1. The molecule has 0 aliphatic rings. The minimum absolute atomic E-state index is 0.0999.